The number of rotatable bonds is 6. The maximum atomic E-state index is 14.1. The van der Waals surface area contributed by atoms with E-state index >= 15 is 0 Å². The number of nitrogens with one attached hydrogen (secondary N) is 1. The average molecular weight is 573 g/mol. The zero-order valence-corrected chi connectivity index (χ0v) is 23.1. The second-order valence-electron chi connectivity index (χ2n) is 10.3. The Labute approximate surface area is 228 Å². The molecule has 2 saturated heterocycles. The third kappa shape index (κ3) is 4.47. The number of sulfonamides is 1. The smallest absolute Gasteiger partial charge is 0.262 e. The summed E-state index contributed by atoms with van der Waals surface area (Å²) in [7, 11) is -3.78. The number of fused-ring (bicyclic) bond motifs is 2. The van der Waals surface area contributed by atoms with Gasteiger partial charge in [-0.3, -0.25) is 19.4 Å². The van der Waals surface area contributed by atoms with Gasteiger partial charge in [-0.05, 0) is 48.4 Å². The van der Waals surface area contributed by atoms with Crippen molar-refractivity contribution in [2.75, 3.05) is 13.1 Å². The number of nitrogens with zero attached hydrogens (tertiary/aromatic N) is 3. The predicted octanol–water partition coefficient (Wildman–Crippen LogP) is 3.17. The molecule has 0 aromatic carbocycles. The normalized spacial score (nSPS) is 23.6. The molecule has 3 aliphatic rings. The second kappa shape index (κ2) is 9.82. The van der Waals surface area contributed by atoms with Crippen LogP contribution in [0.25, 0.3) is 9.40 Å². The van der Waals surface area contributed by atoms with E-state index < -0.39 is 27.6 Å². The lowest BCUT2D eigenvalue weighted by Crippen LogP contribution is -2.62. The van der Waals surface area contributed by atoms with Crippen LogP contribution in [-0.4, -0.2) is 70.9 Å². The third-order valence-electron chi connectivity index (χ3n) is 7.90. The molecule has 5 heterocycles. The van der Waals surface area contributed by atoms with Crippen molar-refractivity contribution in [2.45, 2.75) is 61.9 Å². The molecule has 0 spiro atoms. The summed E-state index contributed by atoms with van der Waals surface area (Å²) in [5, 5.41) is 5.06. The molecule has 2 aliphatic heterocycles. The SMILES string of the molecule is O=C(NC1(C(=O)N2CCC3C2C(=O)CN3S(=O)(=O)Cc2cccnc2)CCCCC1)c1cc2sccc2s1. The Morgan fingerprint density at radius 1 is 1.16 bits per heavy atom. The van der Waals surface area contributed by atoms with Crippen molar-refractivity contribution in [2.24, 2.45) is 0 Å². The molecule has 9 nitrogen and oxygen atoms in total. The monoisotopic (exact) mass is 572 g/mol. The van der Waals surface area contributed by atoms with Gasteiger partial charge < -0.3 is 10.2 Å². The van der Waals surface area contributed by atoms with E-state index in [-0.39, 0.29) is 36.4 Å². The van der Waals surface area contributed by atoms with E-state index in [2.05, 4.69) is 10.3 Å². The number of carbonyl (C=O) groups is 3. The first-order chi connectivity index (χ1) is 18.3. The molecule has 1 saturated carbocycles. The highest BCUT2D eigenvalue weighted by molar-refractivity contribution is 7.88. The molecule has 2 amide bonds. The Bertz CT molecular complexity index is 1460. The van der Waals surface area contributed by atoms with Crippen molar-refractivity contribution in [3.05, 3.63) is 52.5 Å². The van der Waals surface area contributed by atoms with Gasteiger partial charge in [0.2, 0.25) is 15.9 Å². The summed E-state index contributed by atoms with van der Waals surface area (Å²) in [5.41, 5.74) is -0.546. The summed E-state index contributed by atoms with van der Waals surface area (Å²) in [6.07, 6.45) is 7.05. The predicted molar refractivity (Wildman–Crippen MR) is 145 cm³/mol. The van der Waals surface area contributed by atoms with Crippen LogP contribution in [0.3, 0.4) is 0 Å². The number of carbonyl (C=O) groups excluding carboxylic acids is 3. The Hall–Kier alpha value is -2.67. The van der Waals surface area contributed by atoms with Gasteiger partial charge in [0, 0.05) is 28.3 Å². The summed E-state index contributed by atoms with van der Waals surface area (Å²) in [6.45, 7) is 0.0399. The van der Waals surface area contributed by atoms with E-state index in [1.165, 1.54) is 21.8 Å². The van der Waals surface area contributed by atoms with Crippen LogP contribution in [0, 0.1) is 0 Å². The molecule has 2 unspecified atom stereocenters. The van der Waals surface area contributed by atoms with Gasteiger partial charge in [0.05, 0.1) is 23.2 Å². The van der Waals surface area contributed by atoms with Crippen LogP contribution in [0.1, 0.15) is 53.8 Å². The summed E-state index contributed by atoms with van der Waals surface area (Å²) < 4.78 is 29.9. The van der Waals surface area contributed by atoms with Crippen LogP contribution in [-0.2, 0) is 25.4 Å². The van der Waals surface area contributed by atoms with Gasteiger partial charge in [-0.25, -0.2) is 8.42 Å². The van der Waals surface area contributed by atoms with Crippen LogP contribution in [0.2, 0.25) is 0 Å². The summed E-state index contributed by atoms with van der Waals surface area (Å²) in [5.74, 6) is -1.06. The van der Waals surface area contributed by atoms with Crippen molar-refractivity contribution in [1.82, 2.24) is 19.5 Å². The number of hydrogen-bond donors (Lipinski definition) is 1. The van der Waals surface area contributed by atoms with Gasteiger partial charge in [0.15, 0.2) is 5.78 Å². The fourth-order valence-electron chi connectivity index (χ4n) is 6.12. The standard InChI is InChI=1S/C26H28N4O5S3/c31-19-15-30(38(34,35)16-17-5-4-10-27-14-17)18-6-11-29(23(18)19)25(33)26(8-2-1-3-9-26)28-24(32)22-13-21-20(37-22)7-12-36-21/h4-5,7,10,12-14,18,23H,1-3,6,8-9,11,15-16H2,(H,28,32). The Morgan fingerprint density at radius 2 is 1.97 bits per heavy atom. The van der Waals surface area contributed by atoms with Gasteiger partial charge in [0.1, 0.15) is 11.6 Å². The first-order valence-corrected chi connectivity index (χ1v) is 16.1. The van der Waals surface area contributed by atoms with E-state index in [9.17, 15) is 22.8 Å². The minimum absolute atomic E-state index is 0.243. The van der Waals surface area contributed by atoms with E-state index in [0.717, 1.165) is 28.7 Å². The molecule has 12 heteroatoms. The highest BCUT2D eigenvalue weighted by Gasteiger charge is 2.56. The molecule has 3 fully saturated rings. The number of thiophene rings is 2. The van der Waals surface area contributed by atoms with Gasteiger partial charge in [-0.1, -0.05) is 25.3 Å². The summed E-state index contributed by atoms with van der Waals surface area (Å²) in [4.78, 5) is 46.7. The molecule has 3 aromatic heterocycles. The molecule has 1 aliphatic carbocycles. The van der Waals surface area contributed by atoms with Crippen LogP contribution in [0.5, 0.6) is 0 Å². The molecule has 0 bridgehead atoms. The molecule has 0 radical (unpaired) electrons. The van der Waals surface area contributed by atoms with Crippen molar-refractivity contribution in [3.63, 3.8) is 0 Å². The highest BCUT2D eigenvalue weighted by Crippen LogP contribution is 2.38. The Morgan fingerprint density at radius 3 is 2.71 bits per heavy atom. The minimum atomic E-state index is -3.78. The zero-order chi connectivity index (χ0) is 26.5. The Kier molecular flexibility index (Phi) is 6.61. The quantitative estimate of drug-likeness (QED) is 0.485. The summed E-state index contributed by atoms with van der Waals surface area (Å²) in [6, 6.07) is 5.79. The number of likely N-dealkylation sites (tertiary alicyclic amines) is 1. The molecule has 38 heavy (non-hydrogen) atoms. The first kappa shape index (κ1) is 25.6. The first-order valence-electron chi connectivity index (χ1n) is 12.8. The number of Topliss-reactive ketones (excluding diaryl/α,β-unsaturated/α-hetero) is 1. The molecular weight excluding hydrogens is 545 g/mol. The number of hydrogen-bond acceptors (Lipinski definition) is 8. The molecule has 3 aromatic rings. The van der Waals surface area contributed by atoms with E-state index in [0.29, 0.717) is 29.7 Å². The highest BCUT2D eigenvalue weighted by atomic mass is 32.2. The van der Waals surface area contributed by atoms with Crippen molar-refractivity contribution in [3.8, 4) is 0 Å². The fourth-order valence-corrected chi connectivity index (χ4v) is 9.84. The summed E-state index contributed by atoms with van der Waals surface area (Å²) >= 11 is 2.98. The van der Waals surface area contributed by atoms with Crippen LogP contribution in [0.15, 0.2) is 42.0 Å². The lowest BCUT2D eigenvalue weighted by molar-refractivity contribution is -0.143. The van der Waals surface area contributed by atoms with Crippen LogP contribution >= 0.6 is 22.7 Å². The van der Waals surface area contributed by atoms with Gasteiger partial charge in [0.25, 0.3) is 5.91 Å². The molecule has 2 atom stereocenters. The fraction of sp³-hybridized carbons (Fsp3) is 0.462. The van der Waals surface area contributed by atoms with Gasteiger partial charge in [-0.2, -0.15) is 4.31 Å². The number of amides is 2. The Balaban J connectivity index is 1.23. The lowest BCUT2D eigenvalue weighted by atomic mass is 9.80. The maximum absolute atomic E-state index is 14.1. The van der Waals surface area contributed by atoms with Gasteiger partial charge >= 0.3 is 0 Å². The largest absolute Gasteiger partial charge is 0.337 e. The number of pyridine rings is 1. The number of aromatic nitrogens is 1. The van der Waals surface area contributed by atoms with Crippen molar-refractivity contribution < 1.29 is 22.8 Å². The molecule has 200 valence electrons. The number of ketones is 1. The molecule has 6 rings (SSSR count). The molecular formula is C26H28N4O5S3. The minimum Gasteiger partial charge on any atom is -0.337 e. The van der Waals surface area contributed by atoms with Crippen molar-refractivity contribution in [1.29, 1.82) is 0 Å². The van der Waals surface area contributed by atoms with Crippen molar-refractivity contribution >= 4 is 59.7 Å². The average Bonchev–Trinajstić information content (AvgIpc) is 3.67. The van der Waals surface area contributed by atoms with E-state index in [4.69, 9.17) is 0 Å². The van der Waals surface area contributed by atoms with Gasteiger partial charge in [-0.15, -0.1) is 22.7 Å². The van der Waals surface area contributed by atoms with E-state index in [1.54, 1.807) is 34.6 Å². The second-order valence-corrected chi connectivity index (χ2v) is 14.2. The lowest BCUT2D eigenvalue weighted by Gasteiger charge is -2.40. The van der Waals surface area contributed by atoms with Crippen LogP contribution in [0.4, 0.5) is 0 Å². The maximum Gasteiger partial charge on any atom is 0.262 e. The molecule has 1 N–H and O–H groups in total. The zero-order valence-electron chi connectivity index (χ0n) is 20.7. The third-order valence-corrected chi connectivity index (χ3v) is 11.8. The topological polar surface area (TPSA) is 117 Å². The van der Waals surface area contributed by atoms with E-state index in [1.807, 2.05) is 17.5 Å². The van der Waals surface area contributed by atoms with Crippen LogP contribution < -0.4 is 5.32 Å².